The number of rotatable bonds is 1. The summed E-state index contributed by atoms with van der Waals surface area (Å²) in [6, 6.07) is 4.00. The average molecular weight is 253 g/mol. The lowest BCUT2D eigenvalue weighted by Gasteiger charge is -1.99. The zero-order valence-corrected chi connectivity index (χ0v) is 10.9. The number of amides is 1. The van der Waals surface area contributed by atoms with E-state index < -0.39 is 0 Å². The topological polar surface area (TPSA) is 41.3 Å². The van der Waals surface area contributed by atoms with E-state index >= 15 is 0 Å². The molecule has 0 radical (unpaired) electrons. The number of nitrogens with zero attached hydrogens (tertiary/aromatic N) is 1. The van der Waals surface area contributed by atoms with E-state index in [4.69, 9.17) is 4.74 Å². The Kier molecular flexibility index (Phi) is 3.91. The largest absolute Gasteiger partial charge is 0.319 e. The van der Waals surface area contributed by atoms with Gasteiger partial charge in [-0.15, -0.1) is 16.8 Å². The van der Waals surface area contributed by atoms with Crippen molar-refractivity contribution in [2.45, 2.75) is 26.5 Å². The van der Waals surface area contributed by atoms with Crippen LogP contribution in [-0.4, -0.2) is 29.6 Å². The van der Waals surface area contributed by atoms with E-state index in [-0.39, 0.29) is 18.1 Å². The Bertz CT molecular complexity index is 414. The van der Waals surface area contributed by atoms with Crippen LogP contribution in [0, 0.1) is 5.92 Å². The molecule has 4 nitrogen and oxygen atoms in total. The minimum atomic E-state index is -0.111. The summed E-state index contributed by atoms with van der Waals surface area (Å²) in [4.78, 5) is 12.7. The van der Waals surface area contributed by atoms with Crippen LogP contribution in [0.15, 0.2) is 17.5 Å². The Morgan fingerprint density at radius 2 is 2.41 bits per heavy atom. The Balaban J connectivity index is 0.000000514. The Morgan fingerprint density at radius 3 is 3.12 bits per heavy atom. The van der Waals surface area contributed by atoms with Crippen molar-refractivity contribution in [2.75, 3.05) is 6.61 Å². The van der Waals surface area contributed by atoms with Crippen LogP contribution in [0.4, 0.5) is 0 Å². The number of nitrogens with one attached hydrogen (secondary N) is 1. The van der Waals surface area contributed by atoms with E-state index in [0.717, 1.165) is 11.3 Å². The number of hydrogen-bond donors (Lipinski definition) is 1. The molecule has 0 aliphatic carbocycles. The molecule has 1 aromatic heterocycles. The first kappa shape index (κ1) is 12.3. The summed E-state index contributed by atoms with van der Waals surface area (Å²) >= 11 is 1.64. The van der Waals surface area contributed by atoms with Gasteiger partial charge in [0.1, 0.15) is 5.92 Å². The maximum absolute atomic E-state index is 11.5. The summed E-state index contributed by atoms with van der Waals surface area (Å²) in [6.07, 6.45) is 2.64. The van der Waals surface area contributed by atoms with Gasteiger partial charge < -0.3 is 4.74 Å². The van der Waals surface area contributed by atoms with Gasteiger partial charge in [-0.25, -0.2) is 0 Å². The Morgan fingerprint density at radius 1 is 1.59 bits per heavy atom. The molecule has 2 fully saturated rings. The summed E-state index contributed by atoms with van der Waals surface area (Å²) in [5, 5.41) is 2.01. The Hall–Kier alpha value is -1.20. The minimum Gasteiger partial charge on any atom is -0.319 e. The minimum absolute atomic E-state index is 0.00112. The number of carbonyl (C=O) groups excluding carboxylic acids is 1. The van der Waals surface area contributed by atoms with Crippen molar-refractivity contribution in [3.05, 3.63) is 22.4 Å². The predicted octanol–water partition coefficient (Wildman–Crippen LogP) is 1.61. The van der Waals surface area contributed by atoms with E-state index in [1.807, 2.05) is 37.6 Å². The molecule has 1 amide bonds. The monoisotopic (exact) mass is 253 g/mol. The quantitative estimate of drug-likeness (QED) is 0.773. The number of thiophene rings is 1. The van der Waals surface area contributed by atoms with Crippen molar-refractivity contribution in [1.82, 2.24) is 5.43 Å². The summed E-state index contributed by atoms with van der Waals surface area (Å²) in [5.41, 5.74) is 2.81. The highest BCUT2D eigenvalue weighted by molar-refractivity contribution is 7.11. The molecule has 5 heteroatoms. The van der Waals surface area contributed by atoms with Gasteiger partial charge in [-0.1, -0.05) is 24.6 Å². The zero-order valence-electron chi connectivity index (χ0n) is 10.1. The molecule has 0 saturated carbocycles. The van der Waals surface area contributed by atoms with Crippen molar-refractivity contribution in [2.24, 2.45) is 5.92 Å². The first-order valence-electron chi connectivity index (χ1n) is 5.93. The van der Waals surface area contributed by atoms with Crippen molar-refractivity contribution < 1.29 is 14.2 Å². The van der Waals surface area contributed by atoms with Gasteiger partial charge in [0.15, 0.2) is 0 Å². The van der Waals surface area contributed by atoms with Crippen molar-refractivity contribution in [3.63, 3.8) is 0 Å². The molecule has 17 heavy (non-hydrogen) atoms. The highest BCUT2D eigenvalue weighted by atomic mass is 32.1. The summed E-state index contributed by atoms with van der Waals surface area (Å²) < 4.78 is 7.31. The van der Waals surface area contributed by atoms with Gasteiger partial charge in [0.05, 0.1) is 11.5 Å². The lowest BCUT2D eigenvalue weighted by molar-refractivity contribution is -0.630. The fourth-order valence-electron chi connectivity index (χ4n) is 1.99. The van der Waals surface area contributed by atoms with Gasteiger partial charge in [0, 0.05) is 0 Å². The fourth-order valence-corrected chi connectivity index (χ4v) is 2.64. The van der Waals surface area contributed by atoms with Gasteiger partial charge in [-0.2, -0.15) is 0 Å². The van der Waals surface area contributed by atoms with Gasteiger partial charge >= 0.3 is 0 Å². The summed E-state index contributed by atoms with van der Waals surface area (Å²) in [5.74, 6) is 0.0755. The third-order valence-corrected chi connectivity index (χ3v) is 3.53. The third kappa shape index (κ3) is 2.40. The van der Waals surface area contributed by atoms with Crippen LogP contribution in [0.25, 0.3) is 0 Å². The van der Waals surface area contributed by atoms with Gasteiger partial charge in [-0.05, 0) is 17.9 Å². The molecular weight excluding hydrogens is 236 g/mol. The van der Waals surface area contributed by atoms with E-state index in [2.05, 4.69) is 5.43 Å². The Labute approximate surface area is 105 Å². The second-order valence-electron chi connectivity index (χ2n) is 3.68. The molecule has 0 spiro atoms. The SMILES string of the molecule is CC.O=C1N/[N+](=C\c2cccs2)C2OCCC12. The predicted molar refractivity (Wildman–Crippen MR) is 67.1 cm³/mol. The molecule has 1 aromatic rings. The summed E-state index contributed by atoms with van der Waals surface area (Å²) in [6.45, 7) is 4.68. The smallest absolute Gasteiger partial charge is 0.297 e. The molecule has 0 aromatic carbocycles. The van der Waals surface area contributed by atoms with Crippen LogP contribution >= 0.6 is 11.3 Å². The average Bonchev–Trinajstić information content (AvgIpc) is 3.04. The van der Waals surface area contributed by atoms with Crippen LogP contribution < -0.4 is 5.43 Å². The van der Waals surface area contributed by atoms with Gasteiger partial charge in [0.25, 0.3) is 12.1 Å². The van der Waals surface area contributed by atoms with E-state index in [0.29, 0.717) is 6.61 Å². The van der Waals surface area contributed by atoms with Crippen LogP contribution in [0.2, 0.25) is 0 Å². The normalized spacial score (nSPS) is 28.6. The molecule has 2 saturated heterocycles. The molecule has 2 atom stereocenters. The first-order valence-corrected chi connectivity index (χ1v) is 6.81. The van der Waals surface area contributed by atoms with E-state index in [1.54, 1.807) is 16.0 Å². The molecule has 3 heterocycles. The number of hydrazine groups is 1. The second kappa shape index (κ2) is 5.42. The lowest BCUT2D eigenvalue weighted by atomic mass is 10.1. The van der Waals surface area contributed by atoms with E-state index in [1.165, 1.54) is 0 Å². The number of ether oxygens (including phenoxy) is 1. The number of carbonyl (C=O) groups is 1. The lowest BCUT2D eigenvalue weighted by Crippen LogP contribution is -2.31. The third-order valence-electron chi connectivity index (χ3n) is 2.72. The molecule has 2 aliphatic heterocycles. The van der Waals surface area contributed by atoms with Crippen LogP contribution in [0.5, 0.6) is 0 Å². The maximum Gasteiger partial charge on any atom is 0.297 e. The first-order chi connectivity index (χ1) is 8.34. The highest BCUT2D eigenvalue weighted by Gasteiger charge is 2.50. The second-order valence-corrected chi connectivity index (χ2v) is 4.66. The van der Waals surface area contributed by atoms with E-state index in [9.17, 15) is 4.79 Å². The highest BCUT2D eigenvalue weighted by Crippen LogP contribution is 2.25. The van der Waals surface area contributed by atoms with Crippen molar-refractivity contribution in [3.8, 4) is 0 Å². The fraction of sp³-hybridized carbons (Fsp3) is 0.500. The molecule has 0 bridgehead atoms. The molecule has 92 valence electrons. The van der Waals surface area contributed by atoms with Gasteiger partial charge in [-0.3, -0.25) is 4.79 Å². The number of fused-ring (bicyclic) bond motifs is 1. The number of hydrazone groups is 1. The number of hydrogen-bond acceptors (Lipinski definition) is 3. The van der Waals surface area contributed by atoms with Crippen molar-refractivity contribution in [1.29, 1.82) is 0 Å². The molecular formula is C12H17N2O2S+. The maximum atomic E-state index is 11.5. The van der Waals surface area contributed by atoms with Gasteiger partial charge in [0.2, 0.25) is 6.21 Å². The molecule has 2 unspecified atom stereocenters. The summed E-state index contributed by atoms with van der Waals surface area (Å²) in [7, 11) is 0. The molecule has 2 aliphatic rings. The van der Waals surface area contributed by atoms with Crippen LogP contribution in [0.3, 0.4) is 0 Å². The van der Waals surface area contributed by atoms with Crippen LogP contribution in [0.1, 0.15) is 25.1 Å². The standard InChI is InChI=1S/C10H10N2O2S.C2H6/c13-9-8-3-4-14-10(8)12(11-9)6-7-2-1-5-15-7;1-2/h1-2,5-6,8,10H,3-4H2;1-2H3/p+1/b12-6-;. The van der Waals surface area contributed by atoms with Crippen molar-refractivity contribution >= 4 is 23.5 Å². The van der Waals surface area contributed by atoms with Crippen LogP contribution in [-0.2, 0) is 9.53 Å². The molecule has 1 N–H and O–H groups in total. The zero-order chi connectivity index (χ0) is 12.3. The molecule has 3 rings (SSSR count).